The van der Waals surface area contributed by atoms with Gasteiger partial charge in [0.25, 0.3) is 5.91 Å². The Kier molecular flexibility index (Phi) is 4.75. The molecule has 3 rings (SSSR count). The van der Waals surface area contributed by atoms with E-state index in [0.717, 1.165) is 11.3 Å². The van der Waals surface area contributed by atoms with E-state index in [1.807, 2.05) is 67.6 Å². The van der Waals surface area contributed by atoms with Gasteiger partial charge < -0.3 is 5.32 Å². The summed E-state index contributed by atoms with van der Waals surface area (Å²) >= 11 is 0. The highest BCUT2D eigenvalue weighted by molar-refractivity contribution is 5.92. The van der Waals surface area contributed by atoms with Crippen molar-refractivity contribution >= 4 is 5.91 Å². The molecular weight excluding hydrogens is 314 g/mol. The minimum absolute atomic E-state index is 0.114. The van der Waals surface area contributed by atoms with E-state index < -0.39 is 5.91 Å². The van der Waals surface area contributed by atoms with Crippen LogP contribution in [0.15, 0.2) is 71.5 Å². The number of carbonyl (C=O) groups is 1. The summed E-state index contributed by atoms with van der Waals surface area (Å²) in [4.78, 5) is 24.8. The first-order valence-electron chi connectivity index (χ1n) is 8.08. The van der Waals surface area contributed by atoms with Gasteiger partial charge in [-0.05, 0) is 31.5 Å². The molecule has 0 radical (unpaired) electrons. The molecule has 1 unspecified atom stereocenters. The average molecular weight is 333 g/mol. The van der Waals surface area contributed by atoms with E-state index in [4.69, 9.17) is 0 Å². The molecule has 0 aliphatic rings. The second kappa shape index (κ2) is 7.13. The van der Waals surface area contributed by atoms with Gasteiger partial charge in [0, 0.05) is 11.8 Å². The number of nitrogens with zero attached hydrogens (tertiary/aromatic N) is 2. The van der Waals surface area contributed by atoms with Gasteiger partial charge in [-0.1, -0.05) is 48.5 Å². The minimum Gasteiger partial charge on any atom is -0.344 e. The first kappa shape index (κ1) is 16.6. The molecular formula is C20H19N3O2. The molecule has 1 amide bonds. The number of benzene rings is 2. The molecule has 0 spiro atoms. The van der Waals surface area contributed by atoms with Gasteiger partial charge in [0.1, 0.15) is 0 Å². The molecule has 3 aromatic rings. The molecule has 0 aliphatic carbocycles. The van der Waals surface area contributed by atoms with Gasteiger partial charge >= 0.3 is 0 Å². The number of nitrogens with one attached hydrogen (secondary N) is 1. The van der Waals surface area contributed by atoms with Gasteiger partial charge in [-0.25, -0.2) is 4.68 Å². The molecule has 1 aromatic heterocycles. The van der Waals surface area contributed by atoms with Crippen molar-refractivity contribution in [2.24, 2.45) is 0 Å². The van der Waals surface area contributed by atoms with Crippen molar-refractivity contribution in [1.29, 1.82) is 0 Å². The maximum atomic E-state index is 12.6. The van der Waals surface area contributed by atoms with Gasteiger partial charge in [0.05, 0.1) is 11.7 Å². The van der Waals surface area contributed by atoms with E-state index in [0.29, 0.717) is 5.69 Å². The Morgan fingerprint density at radius 1 is 1.04 bits per heavy atom. The topological polar surface area (TPSA) is 64.0 Å². The summed E-state index contributed by atoms with van der Waals surface area (Å²) in [6, 6.07) is 20.2. The normalized spacial score (nSPS) is 11.8. The highest BCUT2D eigenvalue weighted by atomic mass is 16.2. The van der Waals surface area contributed by atoms with E-state index in [-0.39, 0.29) is 17.2 Å². The van der Waals surface area contributed by atoms with Gasteiger partial charge in [-0.15, -0.1) is 0 Å². The Hall–Kier alpha value is -3.21. The lowest BCUT2D eigenvalue weighted by atomic mass is 10.1. The number of hydrogen-bond donors (Lipinski definition) is 1. The molecule has 1 atom stereocenters. The lowest BCUT2D eigenvalue weighted by Crippen LogP contribution is -2.33. The Bertz CT molecular complexity index is 934. The average Bonchev–Trinajstić information content (AvgIpc) is 2.63. The lowest BCUT2D eigenvalue weighted by molar-refractivity contribution is 0.0932. The molecule has 25 heavy (non-hydrogen) atoms. The molecule has 2 aromatic carbocycles. The summed E-state index contributed by atoms with van der Waals surface area (Å²) in [5, 5.41) is 7.12. The van der Waals surface area contributed by atoms with Crippen molar-refractivity contribution in [3.05, 3.63) is 93.9 Å². The van der Waals surface area contributed by atoms with E-state index in [2.05, 4.69) is 10.4 Å². The highest BCUT2D eigenvalue weighted by Crippen LogP contribution is 2.12. The number of carbonyl (C=O) groups excluding carboxylic acids is 1. The molecule has 0 fully saturated rings. The van der Waals surface area contributed by atoms with Crippen LogP contribution in [0.25, 0.3) is 5.69 Å². The van der Waals surface area contributed by atoms with Crippen LogP contribution in [0.4, 0.5) is 0 Å². The number of aromatic nitrogens is 2. The molecule has 1 heterocycles. The Balaban J connectivity index is 1.92. The third kappa shape index (κ3) is 3.66. The fourth-order valence-electron chi connectivity index (χ4n) is 2.63. The monoisotopic (exact) mass is 333 g/mol. The van der Waals surface area contributed by atoms with Crippen molar-refractivity contribution in [2.45, 2.75) is 19.9 Å². The maximum absolute atomic E-state index is 12.6. The fraction of sp³-hybridized carbons (Fsp3) is 0.150. The number of aryl methyl sites for hydroxylation is 1. The highest BCUT2D eigenvalue weighted by Gasteiger charge is 2.17. The second-order valence-corrected chi connectivity index (χ2v) is 5.85. The Labute approximate surface area is 145 Å². The predicted molar refractivity (Wildman–Crippen MR) is 96.9 cm³/mol. The third-order valence-electron chi connectivity index (χ3n) is 3.97. The summed E-state index contributed by atoms with van der Waals surface area (Å²) in [5.41, 5.74) is 1.93. The van der Waals surface area contributed by atoms with E-state index in [9.17, 15) is 9.59 Å². The van der Waals surface area contributed by atoms with Gasteiger partial charge in [-0.2, -0.15) is 5.10 Å². The Morgan fingerprint density at radius 3 is 2.28 bits per heavy atom. The molecule has 126 valence electrons. The second-order valence-electron chi connectivity index (χ2n) is 5.85. The van der Waals surface area contributed by atoms with Crippen LogP contribution in [0, 0.1) is 6.92 Å². The molecule has 1 N–H and O–H groups in total. The number of amides is 1. The van der Waals surface area contributed by atoms with Crippen LogP contribution in [0.3, 0.4) is 0 Å². The van der Waals surface area contributed by atoms with Crippen LogP contribution in [0.2, 0.25) is 0 Å². The van der Waals surface area contributed by atoms with Crippen LogP contribution in [-0.2, 0) is 0 Å². The van der Waals surface area contributed by atoms with Crippen LogP contribution in [-0.4, -0.2) is 15.7 Å². The first-order chi connectivity index (χ1) is 12.1. The summed E-state index contributed by atoms with van der Waals surface area (Å²) in [5.74, 6) is -0.481. The summed E-state index contributed by atoms with van der Waals surface area (Å²) < 4.78 is 1.60. The van der Waals surface area contributed by atoms with Crippen LogP contribution in [0.5, 0.6) is 0 Å². The van der Waals surface area contributed by atoms with Crippen LogP contribution >= 0.6 is 0 Å². The summed E-state index contributed by atoms with van der Waals surface area (Å²) in [7, 11) is 0. The van der Waals surface area contributed by atoms with Gasteiger partial charge in [0.15, 0.2) is 5.69 Å². The quantitative estimate of drug-likeness (QED) is 0.798. The van der Waals surface area contributed by atoms with Crippen LogP contribution < -0.4 is 10.7 Å². The Morgan fingerprint density at radius 2 is 1.64 bits per heavy atom. The van der Waals surface area contributed by atoms with Crippen molar-refractivity contribution in [3.8, 4) is 5.69 Å². The van der Waals surface area contributed by atoms with Crippen molar-refractivity contribution in [2.75, 3.05) is 0 Å². The van der Waals surface area contributed by atoms with Crippen LogP contribution in [0.1, 0.15) is 34.7 Å². The maximum Gasteiger partial charge on any atom is 0.276 e. The van der Waals surface area contributed by atoms with E-state index >= 15 is 0 Å². The number of hydrogen-bond acceptors (Lipinski definition) is 3. The zero-order chi connectivity index (χ0) is 17.8. The summed E-state index contributed by atoms with van der Waals surface area (Å²) in [6.45, 7) is 3.66. The van der Waals surface area contributed by atoms with Crippen molar-refractivity contribution < 1.29 is 4.79 Å². The van der Waals surface area contributed by atoms with Gasteiger partial charge in [-0.3, -0.25) is 9.59 Å². The largest absolute Gasteiger partial charge is 0.344 e. The minimum atomic E-state index is -0.481. The zero-order valence-corrected chi connectivity index (χ0v) is 14.1. The standard InChI is InChI=1S/C20H19N3O2/c1-14-13-18(24)19(22-23(14)17-11-7-4-8-12-17)20(25)21-15(2)16-9-5-3-6-10-16/h3-13,15H,1-2H3,(H,21,25). The molecule has 0 bridgehead atoms. The van der Waals surface area contributed by atoms with Crippen molar-refractivity contribution in [3.63, 3.8) is 0 Å². The molecule has 0 aliphatic heterocycles. The zero-order valence-electron chi connectivity index (χ0n) is 14.1. The number of rotatable bonds is 4. The lowest BCUT2D eigenvalue weighted by Gasteiger charge is -2.15. The summed E-state index contributed by atoms with van der Waals surface area (Å²) in [6.07, 6.45) is 0. The van der Waals surface area contributed by atoms with E-state index in [1.165, 1.54) is 6.07 Å². The molecule has 0 saturated heterocycles. The molecule has 5 heteroatoms. The first-order valence-corrected chi connectivity index (χ1v) is 8.08. The van der Waals surface area contributed by atoms with E-state index in [1.54, 1.807) is 11.6 Å². The predicted octanol–water partition coefficient (Wildman–Crippen LogP) is 3.03. The van der Waals surface area contributed by atoms with Gasteiger partial charge in [0.2, 0.25) is 5.43 Å². The smallest absolute Gasteiger partial charge is 0.276 e. The molecule has 5 nitrogen and oxygen atoms in total. The fourth-order valence-corrected chi connectivity index (χ4v) is 2.63. The number of para-hydroxylation sites is 1. The van der Waals surface area contributed by atoms with Crippen molar-refractivity contribution in [1.82, 2.24) is 15.1 Å². The SMILES string of the molecule is Cc1cc(=O)c(C(=O)NC(C)c2ccccc2)nn1-c1ccccc1. The third-order valence-corrected chi connectivity index (χ3v) is 3.97. The molecule has 0 saturated carbocycles.